The summed E-state index contributed by atoms with van der Waals surface area (Å²) in [7, 11) is 1.65. The molecule has 0 saturated carbocycles. The first kappa shape index (κ1) is 16.4. The minimum absolute atomic E-state index is 0.00379. The second-order valence-corrected chi connectivity index (χ2v) is 6.71. The first-order valence-corrected chi connectivity index (χ1v) is 8.66. The van der Waals surface area contributed by atoms with Crippen molar-refractivity contribution < 1.29 is 9.53 Å². The number of anilines is 1. The maximum Gasteiger partial charge on any atom is 0.226 e. The topological polar surface area (TPSA) is 56.1 Å². The van der Waals surface area contributed by atoms with Crippen LogP contribution in [0.15, 0.2) is 48.7 Å². The molecule has 0 radical (unpaired) electrons. The molecular formula is C21H21N3O2. The maximum atomic E-state index is 12.4. The molecule has 1 unspecified atom stereocenters. The maximum absolute atomic E-state index is 12.4. The lowest BCUT2D eigenvalue weighted by Crippen LogP contribution is -2.24. The van der Waals surface area contributed by atoms with Crippen LogP contribution in [0.2, 0.25) is 0 Å². The minimum Gasteiger partial charge on any atom is -0.497 e. The Labute approximate surface area is 152 Å². The van der Waals surface area contributed by atoms with Gasteiger partial charge in [-0.2, -0.15) is 5.10 Å². The van der Waals surface area contributed by atoms with Gasteiger partial charge in [-0.3, -0.25) is 4.79 Å². The van der Waals surface area contributed by atoms with Crippen molar-refractivity contribution in [2.24, 2.45) is 0 Å². The number of fused-ring (bicyclic) bond motifs is 1. The van der Waals surface area contributed by atoms with E-state index in [-0.39, 0.29) is 11.8 Å². The molecule has 5 heteroatoms. The van der Waals surface area contributed by atoms with Crippen molar-refractivity contribution in [1.82, 2.24) is 9.78 Å². The van der Waals surface area contributed by atoms with E-state index < -0.39 is 0 Å². The van der Waals surface area contributed by atoms with Crippen LogP contribution in [0.4, 0.5) is 5.82 Å². The fourth-order valence-corrected chi connectivity index (χ4v) is 3.43. The van der Waals surface area contributed by atoms with Crippen LogP contribution in [0.25, 0.3) is 5.69 Å². The molecule has 2 heterocycles. The Bertz CT molecular complexity index is 991. The van der Waals surface area contributed by atoms with E-state index in [0.29, 0.717) is 6.42 Å². The Morgan fingerprint density at radius 3 is 2.77 bits per heavy atom. The van der Waals surface area contributed by atoms with Gasteiger partial charge >= 0.3 is 0 Å². The molecule has 0 spiro atoms. The largest absolute Gasteiger partial charge is 0.497 e. The standard InChI is InChI=1S/C21H21N3O2/c1-13-7-8-16(9-14(13)2)24-21-19(12-22-24)18(11-20(25)23-21)15-5-4-6-17(10-15)26-3/h4-10,12,18H,11H2,1-3H3,(H,23,25). The Kier molecular flexibility index (Phi) is 3.99. The monoisotopic (exact) mass is 347 g/mol. The molecule has 1 amide bonds. The first-order chi connectivity index (χ1) is 12.6. The Hall–Kier alpha value is -3.08. The van der Waals surface area contributed by atoms with Crippen molar-refractivity contribution in [3.63, 3.8) is 0 Å². The number of carbonyl (C=O) groups is 1. The predicted octanol–water partition coefficient (Wildman–Crippen LogP) is 3.97. The van der Waals surface area contributed by atoms with E-state index in [0.717, 1.165) is 28.4 Å². The van der Waals surface area contributed by atoms with Gasteiger partial charge in [-0.15, -0.1) is 0 Å². The zero-order chi connectivity index (χ0) is 18.3. The number of aromatic nitrogens is 2. The van der Waals surface area contributed by atoms with E-state index in [2.05, 4.69) is 36.4 Å². The number of hydrogen-bond donors (Lipinski definition) is 1. The number of carbonyl (C=O) groups excluding carboxylic acids is 1. The molecule has 0 aliphatic carbocycles. The van der Waals surface area contributed by atoms with E-state index in [1.807, 2.05) is 41.2 Å². The van der Waals surface area contributed by atoms with E-state index in [9.17, 15) is 4.79 Å². The van der Waals surface area contributed by atoms with Crippen LogP contribution < -0.4 is 10.1 Å². The van der Waals surface area contributed by atoms with Gasteiger partial charge in [0.2, 0.25) is 5.91 Å². The highest BCUT2D eigenvalue weighted by atomic mass is 16.5. The first-order valence-electron chi connectivity index (χ1n) is 8.66. The number of hydrogen-bond acceptors (Lipinski definition) is 3. The summed E-state index contributed by atoms with van der Waals surface area (Å²) in [4.78, 5) is 12.4. The van der Waals surface area contributed by atoms with Crippen LogP contribution in [0.1, 0.15) is 34.6 Å². The molecule has 1 aliphatic heterocycles. The number of benzene rings is 2. The van der Waals surface area contributed by atoms with Gasteiger partial charge in [-0.05, 0) is 54.8 Å². The Morgan fingerprint density at radius 2 is 2.00 bits per heavy atom. The van der Waals surface area contributed by atoms with Crippen LogP contribution in [-0.2, 0) is 4.79 Å². The van der Waals surface area contributed by atoms with Gasteiger partial charge < -0.3 is 10.1 Å². The number of nitrogens with zero attached hydrogens (tertiary/aromatic N) is 2. The summed E-state index contributed by atoms with van der Waals surface area (Å²) >= 11 is 0. The summed E-state index contributed by atoms with van der Waals surface area (Å²) in [6.45, 7) is 4.16. The van der Waals surface area contributed by atoms with Crippen molar-refractivity contribution in [1.29, 1.82) is 0 Å². The summed E-state index contributed by atoms with van der Waals surface area (Å²) in [5.41, 5.74) is 5.45. The third kappa shape index (κ3) is 2.75. The van der Waals surface area contributed by atoms with Crippen molar-refractivity contribution in [3.8, 4) is 11.4 Å². The molecule has 132 valence electrons. The molecular weight excluding hydrogens is 326 g/mol. The molecule has 4 rings (SSSR count). The smallest absolute Gasteiger partial charge is 0.226 e. The SMILES string of the molecule is COc1cccc(C2CC(=O)Nc3c2cnn3-c2ccc(C)c(C)c2)c1. The predicted molar refractivity (Wildman–Crippen MR) is 101 cm³/mol. The lowest BCUT2D eigenvalue weighted by molar-refractivity contribution is -0.116. The zero-order valence-electron chi connectivity index (χ0n) is 15.1. The van der Waals surface area contributed by atoms with Gasteiger partial charge in [0.25, 0.3) is 0 Å². The second-order valence-electron chi connectivity index (χ2n) is 6.71. The van der Waals surface area contributed by atoms with E-state index >= 15 is 0 Å². The van der Waals surface area contributed by atoms with Crippen molar-refractivity contribution in [2.75, 3.05) is 12.4 Å². The number of methoxy groups -OCH3 is 1. The summed E-state index contributed by atoms with van der Waals surface area (Å²) < 4.78 is 7.15. The molecule has 3 aromatic rings. The molecule has 1 atom stereocenters. The van der Waals surface area contributed by atoms with Gasteiger partial charge in [0, 0.05) is 17.9 Å². The van der Waals surface area contributed by atoms with E-state index in [1.165, 1.54) is 11.1 Å². The average Bonchev–Trinajstić information content (AvgIpc) is 3.07. The molecule has 0 bridgehead atoms. The number of nitrogens with one attached hydrogen (secondary N) is 1. The van der Waals surface area contributed by atoms with E-state index in [1.54, 1.807) is 7.11 Å². The number of amides is 1. The van der Waals surface area contributed by atoms with Crippen molar-refractivity contribution in [3.05, 3.63) is 70.9 Å². The van der Waals surface area contributed by atoms with Crippen molar-refractivity contribution in [2.45, 2.75) is 26.2 Å². The van der Waals surface area contributed by atoms with Crippen LogP contribution in [-0.4, -0.2) is 22.8 Å². The highest BCUT2D eigenvalue weighted by Crippen LogP contribution is 2.38. The number of rotatable bonds is 3. The van der Waals surface area contributed by atoms with E-state index in [4.69, 9.17) is 4.74 Å². The zero-order valence-corrected chi connectivity index (χ0v) is 15.1. The van der Waals surface area contributed by atoms with Crippen LogP contribution in [0, 0.1) is 13.8 Å². The minimum atomic E-state index is -0.0332. The second kappa shape index (κ2) is 6.33. The lowest BCUT2D eigenvalue weighted by Gasteiger charge is -2.24. The number of aryl methyl sites for hydroxylation is 2. The van der Waals surface area contributed by atoms with Gasteiger partial charge in [-0.1, -0.05) is 18.2 Å². The average molecular weight is 347 g/mol. The third-order valence-corrected chi connectivity index (χ3v) is 5.05. The normalized spacial score (nSPS) is 16.1. The fraction of sp³-hybridized carbons (Fsp3) is 0.238. The molecule has 0 saturated heterocycles. The molecule has 2 aromatic carbocycles. The molecule has 1 aromatic heterocycles. The quantitative estimate of drug-likeness (QED) is 0.780. The van der Waals surface area contributed by atoms with Gasteiger partial charge in [0.15, 0.2) is 0 Å². The molecule has 0 fully saturated rings. The Morgan fingerprint density at radius 1 is 1.15 bits per heavy atom. The third-order valence-electron chi connectivity index (χ3n) is 5.05. The number of ether oxygens (including phenoxy) is 1. The summed E-state index contributed by atoms with van der Waals surface area (Å²) in [5, 5.41) is 7.56. The summed E-state index contributed by atoms with van der Waals surface area (Å²) in [6, 6.07) is 14.1. The van der Waals surface area contributed by atoms with Crippen LogP contribution in [0.5, 0.6) is 5.75 Å². The molecule has 26 heavy (non-hydrogen) atoms. The Balaban J connectivity index is 1.81. The summed E-state index contributed by atoms with van der Waals surface area (Å²) in [5.74, 6) is 1.50. The molecule has 1 aliphatic rings. The highest BCUT2D eigenvalue weighted by molar-refractivity contribution is 5.94. The molecule has 1 N–H and O–H groups in total. The van der Waals surface area contributed by atoms with Gasteiger partial charge in [0.05, 0.1) is 19.0 Å². The fourth-order valence-electron chi connectivity index (χ4n) is 3.43. The van der Waals surface area contributed by atoms with Crippen LogP contribution >= 0.6 is 0 Å². The van der Waals surface area contributed by atoms with Gasteiger partial charge in [0.1, 0.15) is 11.6 Å². The lowest BCUT2D eigenvalue weighted by atomic mass is 9.87. The summed E-state index contributed by atoms with van der Waals surface area (Å²) in [6.07, 6.45) is 2.26. The van der Waals surface area contributed by atoms with Crippen LogP contribution in [0.3, 0.4) is 0 Å². The van der Waals surface area contributed by atoms with Crippen molar-refractivity contribution >= 4 is 11.7 Å². The highest BCUT2D eigenvalue weighted by Gasteiger charge is 2.30. The van der Waals surface area contributed by atoms with Gasteiger partial charge in [-0.25, -0.2) is 4.68 Å². The molecule has 5 nitrogen and oxygen atoms in total.